The van der Waals surface area contributed by atoms with Gasteiger partial charge in [0.1, 0.15) is 5.69 Å². The molecule has 0 spiro atoms. The highest BCUT2D eigenvalue weighted by molar-refractivity contribution is 6.13. The molecule has 0 fully saturated rings. The van der Waals surface area contributed by atoms with E-state index in [1.54, 1.807) is 24.0 Å². The molecule has 0 saturated heterocycles. The first-order valence-electron chi connectivity index (χ1n) is 5.98. The standard InChI is InChI=1S/C15H13N3O/c1-18-14(6-7-17-18)15(19)12-8-10-4-2-3-5-11(10)9-13(12)16/h2-9H,16H2,1H3. The van der Waals surface area contributed by atoms with Crippen molar-refractivity contribution in [2.75, 3.05) is 5.73 Å². The number of nitrogens with zero attached hydrogens (tertiary/aromatic N) is 2. The van der Waals surface area contributed by atoms with Gasteiger partial charge in [0.15, 0.2) is 0 Å². The van der Waals surface area contributed by atoms with Crippen molar-refractivity contribution in [3.63, 3.8) is 0 Å². The molecule has 0 amide bonds. The zero-order valence-electron chi connectivity index (χ0n) is 10.5. The predicted octanol–water partition coefficient (Wildman–Crippen LogP) is 2.39. The molecule has 4 nitrogen and oxygen atoms in total. The second kappa shape index (κ2) is 4.24. The molecule has 1 aromatic heterocycles. The first kappa shape index (κ1) is 11.5. The molecule has 0 atom stereocenters. The Kier molecular flexibility index (Phi) is 2.56. The van der Waals surface area contributed by atoms with Gasteiger partial charge in [-0.15, -0.1) is 0 Å². The Morgan fingerprint density at radius 1 is 1.16 bits per heavy atom. The van der Waals surface area contributed by atoms with Crippen LogP contribution < -0.4 is 5.73 Å². The minimum atomic E-state index is -0.108. The number of fused-ring (bicyclic) bond motifs is 1. The quantitative estimate of drug-likeness (QED) is 0.562. The summed E-state index contributed by atoms with van der Waals surface area (Å²) in [7, 11) is 1.74. The van der Waals surface area contributed by atoms with E-state index in [0.717, 1.165) is 10.8 Å². The summed E-state index contributed by atoms with van der Waals surface area (Å²) in [6.45, 7) is 0. The summed E-state index contributed by atoms with van der Waals surface area (Å²) in [5, 5.41) is 6.04. The zero-order valence-corrected chi connectivity index (χ0v) is 10.5. The van der Waals surface area contributed by atoms with Crippen LogP contribution in [-0.2, 0) is 7.05 Å². The van der Waals surface area contributed by atoms with Crippen LogP contribution in [0.4, 0.5) is 5.69 Å². The van der Waals surface area contributed by atoms with Crippen LogP contribution in [0, 0.1) is 0 Å². The fourth-order valence-corrected chi connectivity index (χ4v) is 2.19. The van der Waals surface area contributed by atoms with Crippen molar-refractivity contribution in [1.29, 1.82) is 0 Å². The molecule has 3 rings (SSSR count). The van der Waals surface area contributed by atoms with Gasteiger partial charge in [-0.3, -0.25) is 9.48 Å². The van der Waals surface area contributed by atoms with Gasteiger partial charge >= 0.3 is 0 Å². The molecule has 0 aliphatic carbocycles. The third-order valence-corrected chi connectivity index (χ3v) is 3.22. The highest BCUT2D eigenvalue weighted by Crippen LogP contribution is 2.23. The number of rotatable bonds is 2. The van der Waals surface area contributed by atoms with Gasteiger partial charge in [0.05, 0.1) is 0 Å². The molecule has 0 unspecified atom stereocenters. The molecule has 0 aliphatic heterocycles. The van der Waals surface area contributed by atoms with Crippen molar-refractivity contribution in [2.45, 2.75) is 0 Å². The topological polar surface area (TPSA) is 60.9 Å². The maximum atomic E-state index is 12.5. The summed E-state index contributed by atoms with van der Waals surface area (Å²) in [5.74, 6) is -0.108. The number of nitrogen functional groups attached to an aromatic ring is 1. The third-order valence-electron chi connectivity index (χ3n) is 3.22. The Balaban J connectivity index is 2.17. The smallest absolute Gasteiger partial charge is 0.213 e. The van der Waals surface area contributed by atoms with Crippen LogP contribution in [0.2, 0.25) is 0 Å². The minimum absolute atomic E-state index is 0.108. The van der Waals surface area contributed by atoms with Gasteiger partial charge in [-0.1, -0.05) is 24.3 Å². The van der Waals surface area contributed by atoms with Crippen LogP contribution in [0.25, 0.3) is 10.8 Å². The van der Waals surface area contributed by atoms with Crippen molar-refractivity contribution in [3.8, 4) is 0 Å². The van der Waals surface area contributed by atoms with Gasteiger partial charge in [0, 0.05) is 24.5 Å². The lowest BCUT2D eigenvalue weighted by atomic mass is 10.0. The lowest BCUT2D eigenvalue weighted by Crippen LogP contribution is -2.10. The highest BCUT2D eigenvalue weighted by atomic mass is 16.1. The molecule has 4 heteroatoms. The molecule has 0 radical (unpaired) electrons. The van der Waals surface area contributed by atoms with E-state index in [9.17, 15) is 4.79 Å². The van der Waals surface area contributed by atoms with E-state index in [-0.39, 0.29) is 5.78 Å². The number of aryl methyl sites for hydroxylation is 1. The first-order chi connectivity index (χ1) is 9.16. The summed E-state index contributed by atoms with van der Waals surface area (Å²) in [5.41, 5.74) is 7.53. The van der Waals surface area contributed by atoms with Crippen molar-refractivity contribution in [1.82, 2.24) is 9.78 Å². The predicted molar refractivity (Wildman–Crippen MR) is 75.0 cm³/mol. The number of carbonyl (C=O) groups is 1. The minimum Gasteiger partial charge on any atom is -0.398 e. The molecule has 0 saturated carbocycles. The van der Waals surface area contributed by atoms with Gasteiger partial charge in [0.2, 0.25) is 5.78 Å². The van der Waals surface area contributed by atoms with E-state index in [1.807, 2.05) is 36.4 Å². The summed E-state index contributed by atoms with van der Waals surface area (Å²) >= 11 is 0. The fourth-order valence-electron chi connectivity index (χ4n) is 2.19. The number of aromatic nitrogens is 2. The normalized spacial score (nSPS) is 10.8. The molecule has 0 bridgehead atoms. The number of anilines is 1. The Labute approximate surface area is 110 Å². The Hall–Kier alpha value is -2.62. The molecular formula is C15H13N3O. The highest BCUT2D eigenvalue weighted by Gasteiger charge is 2.16. The molecule has 94 valence electrons. The van der Waals surface area contributed by atoms with Crippen molar-refractivity contribution < 1.29 is 4.79 Å². The largest absolute Gasteiger partial charge is 0.398 e. The molecule has 2 N–H and O–H groups in total. The Morgan fingerprint density at radius 3 is 2.47 bits per heavy atom. The van der Waals surface area contributed by atoms with E-state index in [4.69, 9.17) is 5.73 Å². The maximum absolute atomic E-state index is 12.5. The number of benzene rings is 2. The summed E-state index contributed by atoms with van der Waals surface area (Å²) in [6, 6.07) is 13.2. The summed E-state index contributed by atoms with van der Waals surface area (Å²) < 4.78 is 1.55. The number of carbonyl (C=O) groups excluding carboxylic acids is 1. The van der Waals surface area contributed by atoms with E-state index in [1.165, 1.54) is 0 Å². The third kappa shape index (κ3) is 1.87. The van der Waals surface area contributed by atoms with Crippen LogP contribution in [-0.4, -0.2) is 15.6 Å². The van der Waals surface area contributed by atoms with Gasteiger partial charge < -0.3 is 5.73 Å². The van der Waals surface area contributed by atoms with Gasteiger partial charge in [-0.05, 0) is 29.0 Å². The first-order valence-corrected chi connectivity index (χ1v) is 5.98. The second-order valence-electron chi connectivity index (χ2n) is 4.46. The van der Waals surface area contributed by atoms with Crippen molar-refractivity contribution in [2.24, 2.45) is 7.05 Å². The fraction of sp³-hybridized carbons (Fsp3) is 0.0667. The van der Waals surface area contributed by atoms with Crippen LogP contribution in [0.15, 0.2) is 48.7 Å². The Bertz CT molecular complexity index is 774. The summed E-state index contributed by atoms with van der Waals surface area (Å²) in [4.78, 5) is 12.5. The van der Waals surface area contributed by atoms with Crippen LogP contribution in [0.3, 0.4) is 0 Å². The molecule has 19 heavy (non-hydrogen) atoms. The van der Waals surface area contributed by atoms with Gasteiger partial charge in [-0.25, -0.2) is 0 Å². The van der Waals surface area contributed by atoms with Crippen LogP contribution >= 0.6 is 0 Å². The molecule has 2 aromatic carbocycles. The summed E-state index contributed by atoms with van der Waals surface area (Å²) in [6.07, 6.45) is 1.60. The Morgan fingerprint density at radius 2 is 1.84 bits per heavy atom. The molecule has 0 aliphatic rings. The zero-order chi connectivity index (χ0) is 13.4. The number of nitrogens with two attached hydrogens (primary N) is 1. The van der Waals surface area contributed by atoms with Gasteiger partial charge in [0.25, 0.3) is 0 Å². The lowest BCUT2D eigenvalue weighted by molar-refractivity contribution is 0.103. The number of hydrogen-bond donors (Lipinski definition) is 1. The van der Waals surface area contributed by atoms with Crippen LogP contribution in [0.1, 0.15) is 16.1 Å². The molecule has 1 heterocycles. The lowest BCUT2D eigenvalue weighted by Gasteiger charge is -2.07. The van der Waals surface area contributed by atoms with E-state index >= 15 is 0 Å². The number of ketones is 1. The van der Waals surface area contributed by atoms with E-state index in [2.05, 4.69) is 5.10 Å². The number of hydrogen-bond acceptors (Lipinski definition) is 3. The molecule has 3 aromatic rings. The second-order valence-corrected chi connectivity index (χ2v) is 4.46. The molecular weight excluding hydrogens is 238 g/mol. The monoisotopic (exact) mass is 251 g/mol. The van der Waals surface area contributed by atoms with Gasteiger partial charge in [-0.2, -0.15) is 5.10 Å². The SMILES string of the molecule is Cn1nccc1C(=O)c1cc2ccccc2cc1N. The van der Waals surface area contributed by atoms with Crippen molar-refractivity contribution in [3.05, 3.63) is 59.9 Å². The maximum Gasteiger partial charge on any atom is 0.213 e. The average molecular weight is 251 g/mol. The van der Waals surface area contributed by atoms with Crippen molar-refractivity contribution >= 4 is 22.2 Å². The van der Waals surface area contributed by atoms with E-state index in [0.29, 0.717) is 16.9 Å². The van der Waals surface area contributed by atoms with E-state index < -0.39 is 0 Å². The van der Waals surface area contributed by atoms with Crippen LogP contribution in [0.5, 0.6) is 0 Å². The average Bonchev–Trinajstić information content (AvgIpc) is 2.83.